The van der Waals surface area contributed by atoms with Crippen molar-refractivity contribution in [2.45, 2.75) is 39.5 Å². The van der Waals surface area contributed by atoms with E-state index in [1.54, 1.807) is 14.2 Å². The zero-order chi connectivity index (χ0) is 26.4. The third-order valence-corrected chi connectivity index (χ3v) is 7.61. The van der Waals surface area contributed by atoms with Crippen LogP contribution in [-0.4, -0.2) is 85.3 Å². The lowest BCUT2D eigenvalue weighted by atomic mass is 9.84. The Balaban J connectivity index is 1.34. The molecular weight excluding hydrogens is 470 g/mol. The minimum atomic E-state index is 0.0312. The molecule has 1 atom stereocenters. The second kappa shape index (κ2) is 12.3. The van der Waals surface area contributed by atoms with E-state index in [0.717, 1.165) is 42.8 Å². The highest BCUT2D eigenvalue weighted by molar-refractivity contribution is 5.86. The first kappa shape index (κ1) is 26.7. The van der Waals surface area contributed by atoms with Crippen molar-refractivity contribution in [2.75, 3.05) is 58.4 Å². The van der Waals surface area contributed by atoms with Gasteiger partial charge in [0.15, 0.2) is 5.82 Å². The van der Waals surface area contributed by atoms with Crippen LogP contribution in [0.5, 0.6) is 11.5 Å². The molecule has 1 saturated heterocycles. The summed E-state index contributed by atoms with van der Waals surface area (Å²) >= 11 is 0. The lowest BCUT2D eigenvalue weighted by Crippen LogP contribution is -2.53. The summed E-state index contributed by atoms with van der Waals surface area (Å²) in [5, 5.41) is 8.88. The Morgan fingerprint density at radius 2 is 1.81 bits per heavy atom. The highest BCUT2D eigenvalue weighted by Gasteiger charge is 2.32. The van der Waals surface area contributed by atoms with Crippen LogP contribution in [0.25, 0.3) is 11.3 Å². The number of rotatable bonds is 10. The number of hydrogen-bond acceptors (Lipinski definition) is 7. The number of nitrogens with zero attached hydrogens (tertiary/aromatic N) is 5. The fourth-order valence-electron chi connectivity index (χ4n) is 4.75. The maximum atomic E-state index is 13.1. The van der Waals surface area contributed by atoms with Crippen molar-refractivity contribution >= 4 is 17.6 Å². The number of carbonyl (C=O) groups excluding carboxylic acids is 2. The van der Waals surface area contributed by atoms with E-state index < -0.39 is 0 Å². The van der Waals surface area contributed by atoms with Gasteiger partial charge in [0.05, 0.1) is 26.5 Å². The number of amides is 2. The molecule has 0 spiro atoms. The Bertz CT molecular complexity index is 1060. The molecule has 4 rings (SSSR count). The summed E-state index contributed by atoms with van der Waals surface area (Å²) < 4.78 is 10.8. The van der Waals surface area contributed by atoms with Gasteiger partial charge in [0.1, 0.15) is 11.5 Å². The summed E-state index contributed by atoms with van der Waals surface area (Å²) in [6.45, 7) is 7.64. The molecule has 9 nitrogen and oxygen atoms in total. The molecule has 2 aliphatic rings. The van der Waals surface area contributed by atoms with Crippen molar-refractivity contribution < 1.29 is 19.1 Å². The summed E-state index contributed by atoms with van der Waals surface area (Å²) in [6.07, 6.45) is 4.01. The fourth-order valence-corrected chi connectivity index (χ4v) is 4.75. The second-order valence-corrected chi connectivity index (χ2v) is 10.1. The van der Waals surface area contributed by atoms with E-state index in [1.807, 2.05) is 40.1 Å². The average molecular weight is 510 g/mol. The molecular formula is C28H39N5O4. The quantitative estimate of drug-likeness (QED) is 0.485. The molecule has 2 amide bonds. The highest BCUT2D eigenvalue weighted by atomic mass is 16.5. The number of ether oxygens (including phenoxy) is 2. The first-order valence-corrected chi connectivity index (χ1v) is 13.3. The van der Waals surface area contributed by atoms with Crippen molar-refractivity contribution in [3.8, 4) is 22.8 Å². The highest BCUT2D eigenvalue weighted by Crippen LogP contribution is 2.32. The molecule has 1 saturated carbocycles. The van der Waals surface area contributed by atoms with E-state index in [4.69, 9.17) is 9.47 Å². The summed E-state index contributed by atoms with van der Waals surface area (Å²) in [6, 6.07) is 9.49. The van der Waals surface area contributed by atoms with E-state index in [2.05, 4.69) is 28.9 Å². The Morgan fingerprint density at radius 3 is 2.38 bits per heavy atom. The Kier molecular flexibility index (Phi) is 8.84. The van der Waals surface area contributed by atoms with Crippen LogP contribution in [-0.2, 0) is 9.59 Å². The van der Waals surface area contributed by atoms with Gasteiger partial charge < -0.3 is 24.2 Å². The molecule has 1 aromatic carbocycles. The van der Waals surface area contributed by atoms with Crippen LogP contribution in [0, 0.1) is 11.8 Å². The third kappa shape index (κ3) is 6.32. The molecule has 2 heterocycles. The predicted molar refractivity (Wildman–Crippen MR) is 143 cm³/mol. The number of methoxy groups -OCH3 is 2. The number of hydrogen-bond donors (Lipinski definition) is 0. The van der Waals surface area contributed by atoms with Crippen LogP contribution in [0.2, 0.25) is 0 Å². The van der Waals surface area contributed by atoms with Crippen molar-refractivity contribution in [1.29, 1.82) is 0 Å². The van der Waals surface area contributed by atoms with Gasteiger partial charge in [-0.3, -0.25) is 9.59 Å². The van der Waals surface area contributed by atoms with Crippen LogP contribution in [0.1, 0.15) is 39.5 Å². The lowest BCUT2D eigenvalue weighted by molar-refractivity contribution is -0.145. The third-order valence-electron chi connectivity index (χ3n) is 7.61. The minimum absolute atomic E-state index is 0.0312. The molecule has 37 heavy (non-hydrogen) atoms. The number of carbonyl (C=O) groups is 2. The maximum absolute atomic E-state index is 13.1. The zero-order valence-electron chi connectivity index (χ0n) is 22.5. The van der Waals surface area contributed by atoms with Crippen molar-refractivity contribution in [3.63, 3.8) is 0 Å². The summed E-state index contributed by atoms with van der Waals surface area (Å²) in [7, 11) is 3.24. The first-order valence-electron chi connectivity index (χ1n) is 13.3. The van der Waals surface area contributed by atoms with Gasteiger partial charge in [-0.25, -0.2) is 0 Å². The van der Waals surface area contributed by atoms with Crippen molar-refractivity contribution in [1.82, 2.24) is 20.0 Å². The van der Waals surface area contributed by atoms with Gasteiger partial charge in [0, 0.05) is 50.3 Å². The first-order chi connectivity index (χ1) is 17.9. The van der Waals surface area contributed by atoms with Gasteiger partial charge in [-0.2, -0.15) is 0 Å². The molecule has 1 aliphatic carbocycles. The smallest absolute Gasteiger partial charge is 0.242 e. The summed E-state index contributed by atoms with van der Waals surface area (Å²) in [4.78, 5) is 31.9. The standard InChI is InChI=1S/C28H39N5O4/c1-5-20(2)18-33(28(35)21-7-6-8-21)19-27(34)32-15-13-31(14-16-32)26-12-11-24(29-30-26)23-10-9-22(36-3)17-25(23)37-4/h9-12,17,20-21H,5-8,13-16,18-19H2,1-4H3/t20-/m0/s1. The summed E-state index contributed by atoms with van der Waals surface area (Å²) in [5.41, 5.74) is 1.56. The molecule has 0 radical (unpaired) electrons. The van der Waals surface area contributed by atoms with Gasteiger partial charge >= 0.3 is 0 Å². The van der Waals surface area contributed by atoms with Gasteiger partial charge in [0.2, 0.25) is 11.8 Å². The van der Waals surface area contributed by atoms with Gasteiger partial charge in [-0.05, 0) is 43.0 Å². The largest absolute Gasteiger partial charge is 0.497 e. The summed E-state index contributed by atoms with van der Waals surface area (Å²) in [5.74, 6) is 2.84. The molecule has 200 valence electrons. The monoisotopic (exact) mass is 509 g/mol. The van der Waals surface area contributed by atoms with Crippen molar-refractivity contribution in [2.24, 2.45) is 11.8 Å². The maximum Gasteiger partial charge on any atom is 0.242 e. The molecule has 0 unspecified atom stereocenters. The zero-order valence-corrected chi connectivity index (χ0v) is 22.5. The SMILES string of the molecule is CC[C@H](C)CN(CC(=O)N1CCN(c2ccc(-c3ccc(OC)cc3OC)nn2)CC1)C(=O)C1CCC1. The Labute approximate surface area is 219 Å². The van der Waals surface area contributed by atoms with E-state index in [9.17, 15) is 9.59 Å². The van der Waals surface area contributed by atoms with Crippen LogP contribution >= 0.6 is 0 Å². The van der Waals surface area contributed by atoms with Gasteiger partial charge in [-0.1, -0.05) is 26.7 Å². The second-order valence-electron chi connectivity index (χ2n) is 10.1. The molecule has 9 heteroatoms. The average Bonchev–Trinajstić information content (AvgIpc) is 2.91. The van der Waals surface area contributed by atoms with E-state index >= 15 is 0 Å². The minimum Gasteiger partial charge on any atom is -0.497 e. The Morgan fingerprint density at radius 1 is 1.05 bits per heavy atom. The topological polar surface area (TPSA) is 88.1 Å². The molecule has 2 fully saturated rings. The van der Waals surface area contributed by atoms with Crippen molar-refractivity contribution in [3.05, 3.63) is 30.3 Å². The van der Waals surface area contributed by atoms with Gasteiger partial charge in [0.25, 0.3) is 0 Å². The molecule has 1 aromatic heterocycles. The number of aromatic nitrogens is 2. The number of benzene rings is 1. The van der Waals surface area contributed by atoms with Gasteiger partial charge in [-0.15, -0.1) is 10.2 Å². The molecule has 0 bridgehead atoms. The van der Waals surface area contributed by atoms with Crippen LogP contribution in [0.4, 0.5) is 5.82 Å². The molecule has 1 aliphatic heterocycles. The van der Waals surface area contributed by atoms with Crippen LogP contribution in [0.15, 0.2) is 30.3 Å². The fraction of sp³-hybridized carbons (Fsp3) is 0.571. The lowest BCUT2D eigenvalue weighted by Gasteiger charge is -2.37. The van der Waals surface area contributed by atoms with Crippen LogP contribution < -0.4 is 14.4 Å². The predicted octanol–water partition coefficient (Wildman–Crippen LogP) is 3.48. The van der Waals surface area contributed by atoms with E-state index in [-0.39, 0.29) is 24.3 Å². The van der Waals surface area contributed by atoms with E-state index in [1.165, 1.54) is 0 Å². The normalized spacial score (nSPS) is 16.6. The van der Waals surface area contributed by atoms with Crippen LogP contribution in [0.3, 0.4) is 0 Å². The molecule has 2 aromatic rings. The molecule has 0 N–H and O–H groups in total. The number of piperazine rings is 1. The Hall–Kier alpha value is -3.36. The van der Waals surface area contributed by atoms with E-state index in [0.29, 0.717) is 50.1 Å². The number of anilines is 1.